The van der Waals surface area contributed by atoms with Gasteiger partial charge < -0.3 is 10.0 Å². The van der Waals surface area contributed by atoms with Gasteiger partial charge in [-0.25, -0.2) is 0 Å². The molecule has 5 nitrogen and oxygen atoms in total. The number of aromatic nitrogens is 2. The summed E-state index contributed by atoms with van der Waals surface area (Å²) in [7, 11) is 1.80. The van der Waals surface area contributed by atoms with Crippen molar-refractivity contribution in [2.24, 2.45) is 13.0 Å². The minimum atomic E-state index is 0.0652. The maximum absolute atomic E-state index is 12.6. The van der Waals surface area contributed by atoms with E-state index < -0.39 is 0 Å². The molecular formula is C17H21N3O2. The van der Waals surface area contributed by atoms with Crippen LogP contribution in [0.2, 0.25) is 0 Å². The number of hydrogen-bond acceptors (Lipinski definition) is 3. The first-order chi connectivity index (χ1) is 10.6. The van der Waals surface area contributed by atoms with Gasteiger partial charge >= 0.3 is 0 Å². The van der Waals surface area contributed by atoms with E-state index in [1.54, 1.807) is 36.1 Å². The monoisotopic (exact) mass is 299 g/mol. The van der Waals surface area contributed by atoms with Gasteiger partial charge in [0.15, 0.2) is 0 Å². The third-order valence-corrected chi connectivity index (χ3v) is 4.31. The van der Waals surface area contributed by atoms with Gasteiger partial charge in [0.1, 0.15) is 11.4 Å². The van der Waals surface area contributed by atoms with Crippen LogP contribution in [0, 0.1) is 5.92 Å². The van der Waals surface area contributed by atoms with Crippen LogP contribution in [0.3, 0.4) is 0 Å². The van der Waals surface area contributed by atoms with Crippen molar-refractivity contribution in [2.45, 2.75) is 19.3 Å². The van der Waals surface area contributed by atoms with E-state index in [2.05, 4.69) is 5.10 Å². The molecule has 3 rings (SSSR count). The number of piperidine rings is 1. The molecular weight excluding hydrogens is 278 g/mol. The number of nitrogens with zero attached hydrogens (tertiary/aromatic N) is 3. The minimum absolute atomic E-state index is 0.0652. The summed E-state index contributed by atoms with van der Waals surface area (Å²) in [5, 5.41) is 13.4. The second-order valence-corrected chi connectivity index (χ2v) is 5.97. The molecule has 1 amide bonds. The zero-order chi connectivity index (χ0) is 15.5. The molecule has 116 valence electrons. The molecule has 0 saturated carbocycles. The molecule has 0 spiro atoms. The van der Waals surface area contributed by atoms with E-state index >= 15 is 0 Å². The fourth-order valence-electron chi connectivity index (χ4n) is 3.13. The van der Waals surface area contributed by atoms with Crippen LogP contribution in [0.15, 0.2) is 36.5 Å². The number of likely N-dealkylation sites (tertiary alicyclic amines) is 1. The first-order valence-electron chi connectivity index (χ1n) is 7.68. The Kier molecular flexibility index (Phi) is 4.13. The lowest BCUT2D eigenvalue weighted by Crippen LogP contribution is -2.41. The lowest BCUT2D eigenvalue weighted by molar-refractivity contribution is 0.0662. The third-order valence-electron chi connectivity index (χ3n) is 4.31. The predicted molar refractivity (Wildman–Crippen MR) is 83.6 cm³/mol. The lowest BCUT2D eigenvalue weighted by atomic mass is 9.91. The molecule has 2 heterocycles. The highest BCUT2D eigenvalue weighted by Crippen LogP contribution is 2.23. The summed E-state index contributed by atoms with van der Waals surface area (Å²) >= 11 is 0. The Labute approximate surface area is 130 Å². The topological polar surface area (TPSA) is 58.4 Å². The maximum Gasteiger partial charge on any atom is 0.272 e. The molecule has 2 aromatic rings. The molecule has 1 aliphatic rings. The minimum Gasteiger partial charge on any atom is -0.508 e. The van der Waals surface area contributed by atoms with Gasteiger partial charge in [-0.1, -0.05) is 12.1 Å². The maximum atomic E-state index is 12.6. The zero-order valence-electron chi connectivity index (χ0n) is 12.8. The van der Waals surface area contributed by atoms with Crippen molar-refractivity contribution in [3.63, 3.8) is 0 Å². The van der Waals surface area contributed by atoms with Crippen molar-refractivity contribution in [1.82, 2.24) is 14.7 Å². The molecule has 1 aromatic heterocycles. The average Bonchev–Trinajstić information content (AvgIpc) is 2.95. The van der Waals surface area contributed by atoms with Gasteiger partial charge in [0, 0.05) is 26.3 Å². The summed E-state index contributed by atoms with van der Waals surface area (Å²) in [6, 6.07) is 9.12. The van der Waals surface area contributed by atoms with Gasteiger partial charge in [0.25, 0.3) is 5.91 Å². The normalized spacial score (nSPS) is 18.4. The molecule has 1 aromatic carbocycles. The number of phenols is 1. The van der Waals surface area contributed by atoms with Crippen LogP contribution < -0.4 is 0 Å². The number of aryl methyl sites for hydroxylation is 1. The first kappa shape index (κ1) is 14.6. The van der Waals surface area contributed by atoms with E-state index in [0.29, 0.717) is 17.4 Å². The number of hydrogen-bond donors (Lipinski definition) is 1. The first-order valence-corrected chi connectivity index (χ1v) is 7.68. The van der Waals surface area contributed by atoms with Gasteiger partial charge in [-0.05, 0) is 48.9 Å². The van der Waals surface area contributed by atoms with E-state index in [1.165, 1.54) is 5.56 Å². The second-order valence-electron chi connectivity index (χ2n) is 5.97. The Morgan fingerprint density at radius 2 is 2.09 bits per heavy atom. The molecule has 1 aliphatic heterocycles. The molecule has 5 heteroatoms. The number of rotatable bonds is 3. The van der Waals surface area contributed by atoms with Gasteiger partial charge in [-0.3, -0.25) is 9.48 Å². The fourth-order valence-corrected chi connectivity index (χ4v) is 3.13. The van der Waals surface area contributed by atoms with E-state index in [1.807, 2.05) is 17.0 Å². The summed E-state index contributed by atoms with van der Waals surface area (Å²) in [6.07, 6.45) is 4.77. The van der Waals surface area contributed by atoms with E-state index in [-0.39, 0.29) is 5.91 Å². The zero-order valence-corrected chi connectivity index (χ0v) is 12.8. The highest BCUT2D eigenvalue weighted by molar-refractivity contribution is 5.92. The Morgan fingerprint density at radius 1 is 1.32 bits per heavy atom. The van der Waals surface area contributed by atoms with Crippen molar-refractivity contribution >= 4 is 5.91 Å². The van der Waals surface area contributed by atoms with Crippen LogP contribution in [0.5, 0.6) is 5.75 Å². The van der Waals surface area contributed by atoms with E-state index in [9.17, 15) is 9.90 Å². The quantitative estimate of drug-likeness (QED) is 0.945. The SMILES string of the molecule is Cn1nccc1C(=O)N1CCCC(Cc2ccc(O)cc2)C1. The summed E-state index contributed by atoms with van der Waals surface area (Å²) in [5.74, 6) is 0.825. The van der Waals surface area contributed by atoms with Gasteiger partial charge in [-0.15, -0.1) is 0 Å². The number of phenolic OH excluding ortho intramolecular Hbond substituents is 1. The Morgan fingerprint density at radius 3 is 2.77 bits per heavy atom. The van der Waals surface area contributed by atoms with Crippen molar-refractivity contribution in [2.75, 3.05) is 13.1 Å². The van der Waals surface area contributed by atoms with Crippen LogP contribution >= 0.6 is 0 Å². The molecule has 1 unspecified atom stereocenters. The standard InChI is InChI=1S/C17H21N3O2/c1-19-16(8-9-18-19)17(22)20-10-2-3-14(12-20)11-13-4-6-15(21)7-5-13/h4-9,14,21H,2-3,10-12H2,1H3. The average molecular weight is 299 g/mol. The van der Waals surface area contributed by atoms with Gasteiger partial charge in [0.05, 0.1) is 0 Å². The van der Waals surface area contributed by atoms with Gasteiger partial charge in [0.2, 0.25) is 0 Å². The number of benzene rings is 1. The molecule has 1 saturated heterocycles. The Balaban J connectivity index is 1.65. The molecule has 0 bridgehead atoms. The summed E-state index contributed by atoms with van der Waals surface area (Å²) in [6.45, 7) is 1.60. The van der Waals surface area contributed by atoms with Crippen LogP contribution in [-0.4, -0.2) is 38.8 Å². The van der Waals surface area contributed by atoms with Crippen LogP contribution in [-0.2, 0) is 13.5 Å². The number of amides is 1. The van der Waals surface area contributed by atoms with Gasteiger partial charge in [-0.2, -0.15) is 5.10 Å². The highest BCUT2D eigenvalue weighted by Gasteiger charge is 2.25. The lowest BCUT2D eigenvalue weighted by Gasteiger charge is -2.32. The number of carbonyl (C=O) groups excluding carboxylic acids is 1. The molecule has 1 N–H and O–H groups in total. The van der Waals surface area contributed by atoms with Crippen molar-refractivity contribution in [3.8, 4) is 5.75 Å². The van der Waals surface area contributed by atoms with Crippen LogP contribution in [0.4, 0.5) is 0 Å². The highest BCUT2D eigenvalue weighted by atomic mass is 16.3. The Bertz CT molecular complexity index is 648. The van der Waals surface area contributed by atoms with Crippen molar-refractivity contribution < 1.29 is 9.90 Å². The summed E-state index contributed by atoms with van der Waals surface area (Å²) in [5.41, 5.74) is 1.85. The molecule has 1 fully saturated rings. The van der Waals surface area contributed by atoms with Crippen molar-refractivity contribution in [1.29, 1.82) is 0 Å². The third kappa shape index (κ3) is 3.13. The predicted octanol–water partition coefficient (Wildman–Crippen LogP) is 2.22. The van der Waals surface area contributed by atoms with E-state index in [4.69, 9.17) is 0 Å². The summed E-state index contributed by atoms with van der Waals surface area (Å²) < 4.78 is 1.63. The van der Waals surface area contributed by atoms with E-state index in [0.717, 1.165) is 32.4 Å². The molecule has 0 radical (unpaired) electrons. The number of aromatic hydroxyl groups is 1. The largest absolute Gasteiger partial charge is 0.508 e. The number of carbonyl (C=O) groups is 1. The van der Waals surface area contributed by atoms with Crippen LogP contribution in [0.25, 0.3) is 0 Å². The fraction of sp³-hybridized carbons (Fsp3) is 0.412. The molecule has 1 atom stereocenters. The Hall–Kier alpha value is -2.30. The van der Waals surface area contributed by atoms with Crippen molar-refractivity contribution in [3.05, 3.63) is 47.8 Å². The second kappa shape index (κ2) is 6.22. The smallest absolute Gasteiger partial charge is 0.272 e. The molecule has 22 heavy (non-hydrogen) atoms. The molecule has 0 aliphatic carbocycles. The summed E-state index contributed by atoms with van der Waals surface area (Å²) in [4.78, 5) is 14.5. The van der Waals surface area contributed by atoms with Crippen LogP contribution in [0.1, 0.15) is 28.9 Å².